The van der Waals surface area contributed by atoms with Crippen molar-refractivity contribution in [2.24, 2.45) is 0 Å². The Bertz CT molecular complexity index is 897. The van der Waals surface area contributed by atoms with Gasteiger partial charge in [0.25, 0.3) is 5.56 Å². The van der Waals surface area contributed by atoms with E-state index in [1.807, 2.05) is 6.07 Å². The van der Waals surface area contributed by atoms with Gasteiger partial charge in [0, 0.05) is 23.8 Å². The first-order chi connectivity index (χ1) is 10.4. The Balaban J connectivity index is 2.04. The molecule has 0 aliphatic carbocycles. The number of fused-ring (bicyclic) bond motifs is 1. The summed E-state index contributed by atoms with van der Waals surface area (Å²) in [6, 6.07) is 4.63. The summed E-state index contributed by atoms with van der Waals surface area (Å²) in [4.78, 5) is 19.9. The predicted octanol–water partition coefficient (Wildman–Crippen LogP) is 3.34. The summed E-state index contributed by atoms with van der Waals surface area (Å²) in [5.41, 5.74) is -0.673. The molecule has 0 aliphatic heterocycles. The Hall–Kier alpha value is -2.48. The van der Waals surface area contributed by atoms with Gasteiger partial charge in [0.15, 0.2) is 4.96 Å². The maximum atomic E-state index is 12.8. The SMILES string of the molecule is O=c1cc(C=Cc2cccnc2)nc2scc(C(F)(F)F)n12. The van der Waals surface area contributed by atoms with Gasteiger partial charge in [0.1, 0.15) is 5.69 Å². The lowest BCUT2D eigenvalue weighted by Crippen LogP contribution is -2.20. The van der Waals surface area contributed by atoms with E-state index in [1.165, 1.54) is 0 Å². The van der Waals surface area contributed by atoms with Crippen molar-refractivity contribution in [2.75, 3.05) is 0 Å². The van der Waals surface area contributed by atoms with E-state index in [-0.39, 0.29) is 4.96 Å². The molecule has 0 aromatic carbocycles. The average molecular weight is 323 g/mol. The van der Waals surface area contributed by atoms with Crippen LogP contribution in [0.3, 0.4) is 0 Å². The van der Waals surface area contributed by atoms with Gasteiger partial charge < -0.3 is 0 Å². The number of aromatic nitrogens is 3. The van der Waals surface area contributed by atoms with E-state index in [4.69, 9.17) is 0 Å². The molecule has 0 radical (unpaired) electrons. The molecule has 3 rings (SSSR count). The largest absolute Gasteiger partial charge is 0.432 e. The Morgan fingerprint density at radius 3 is 2.77 bits per heavy atom. The van der Waals surface area contributed by atoms with Gasteiger partial charge in [-0.3, -0.25) is 9.78 Å². The van der Waals surface area contributed by atoms with Gasteiger partial charge in [-0.2, -0.15) is 13.2 Å². The Kier molecular flexibility index (Phi) is 3.53. The van der Waals surface area contributed by atoms with Crippen LogP contribution in [0, 0.1) is 0 Å². The Morgan fingerprint density at radius 2 is 2.09 bits per heavy atom. The first kappa shape index (κ1) is 14.5. The quantitative estimate of drug-likeness (QED) is 0.727. The molecule has 0 fully saturated rings. The van der Waals surface area contributed by atoms with Gasteiger partial charge in [0.2, 0.25) is 0 Å². The minimum Gasteiger partial charge on any atom is -0.269 e. The number of thiazole rings is 1. The highest BCUT2D eigenvalue weighted by Crippen LogP contribution is 2.31. The first-order valence-corrected chi connectivity index (χ1v) is 7.00. The number of rotatable bonds is 2. The molecule has 0 bridgehead atoms. The monoisotopic (exact) mass is 323 g/mol. The topological polar surface area (TPSA) is 47.3 Å². The molecule has 112 valence electrons. The summed E-state index contributed by atoms with van der Waals surface area (Å²) in [7, 11) is 0. The first-order valence-electron chi connectivity index (χ1n) is 6.12. The smallest absolute Gasteiger partial charge is 0.269 e. The number of hydrogen-bond acceptors (Lipinski definition) is 4. The molecule has 0 spiro atoms. The van der Waals surface area contributed by atoms with Crippen molar-refractivity contribution in [3.63, 3.8) is 0 Å². The standard InChI is InChI=1S/C14H8F3N3OS/c15-14(16,17)11-8-22-13-19-10(6-12(21)20(11)13)4-3-9-2-1-5-18-7-9/h1-8H. The van der Waals surface area contributed by atoms with Crippen molar-refractivity contribution in [3.05, 3.63) is 63.3 Å². The van der Waals surface area contributed by atoms with E-state index >= 15 is 0 Å². The predicted molar refractivity (Wildman–Crippen MR) is 77.5 cm³/mol. The summed E-state index contributed by atoms with van der Waals surface area (Å²) in [5, 5.41) is 0.887. The van der Waals surface area contributed by atoms with Crippen molar-refractivity contribution in [3.8, 4) is 0 Å². The van der Waals surface area contributed by atoms with E-state index in [2.05, 4.69) is 9.97 Å². The van der Waals surface area contributed by atoms with Crippen LogP contribution < -0.4 is 5.56 Å². The molecule has 3 aromatic rings. The van der Waals surface area contributed by atoms with Crippen LogP contribution in [0.1, 0.15) is 17.0 Å². The molecule has 0 amide bonds. The molecule has 0 aliphatic rings. The van der Waals surface area contributed by atoms with Gasteiger partial charge in [-0.05, 0) is 17.7 Å². The summed E-state index contributed by atoms with van der Waals surface area (Å²) in [5.74, 6) is 0. The molecule has 22 heavy (non-hydrogen) atoms. The zero-order valence-electron chi connectivity index (χ0n) is 10.9. The molecule has 0 saturated carbocycles. The van der Waals surface area contributed by atoms with E-state index < -0.39 is 17.4 Å². The molecule has 0 N–H and O–H groups in total. The molecule has 0 saturated heterocycles. The fourth-order valence-corrected chi connectivity index (χ4v) is 2.78. The van der Waals surface area contributed by atoms with Gasteiger partial charge in [0.05, 0.1) is 5.69 Å². The molecule has 0 atom stereocenters. The van der Waals surface area contributed by atoms with Crippen molar-refractivity contribution in [2.45, 2.75) is 6.18 Å². The number of halogens is 3. The summed E-state index contributed by atoms with van der Waals surface area (Å²) >= 11 is 0.776. The number of alkyl halides is 3. The summed E-state index contributed by atoms with van der Waals surface area (Å²) in [6.07, 6.45) is 1.90. The third kappa shape index (κ3) is 2.77. The van der Waals surface area contributed by atoms with Gasteiger partial charge in [-0.15, -0.1) is 11.3 Å². The van der Waals surface area contributed by atoms with Crippen LogP contribution >= 0.6 is 11.3 Å². The lowest BCUT2D eigenvalue weighted by Gasteiger charge is -2.05. The summed E-state index contributed by atoms with van der Waals surface area (Å²) in [6.45, 7) is 0. The zero-order chi connectivity index (χ0) is 15.7. The number of nitrogens with zero attached hydrogens (tertiary/aromatic N) is 3. The highest BCUT2D eigenvalue weighted by atomic mass is 32.1. The second-order valence-corrected chi connectivity index (χ2v) is 5.21. The summed E-state index contributed by atoms with van der Waals surface area (Å²) < 4.78 is 39.0. The number of pyridine rings is 1. The average Bonchev–Trinajstić information content (AvgIpc) is 2.91. The fourth-order valence-electron chi connectivity index (χ4n) is 1.88. The van der Waals surface area contributed by atoms with Gasteiger partial charge in [-0.1, -0.05) is 12.1 Å². The lowest BCUT2D eigenvalue weighted by molar-refractivity contribution is -0.141. The third-order valence-electron chi connectivity index (χ3n) is 2.85. The van der Waals surface area contributed by atoms with Crippen molar-refractivity contribution in [1.82, 2.24) is 14.4 Å². The fraction of sp³-hybridized carbons (Fsp3) is 0.0714. The lowest BCUT2D eigenvalue weighted by atomic mass is 10.2. The maximum Gasteiger partial charge on any atom is 0.432 e. The van der Waals surface area contributed by atoms with Gasteiger partial charge >= 0.3 is 6.18 Å². The molecular formula is C14H8F3N3OS. The van der Waals surface area contributed by atoms with E-state index in [0.717, 1.165) is 28.3 Å². The van der Waals surface area contributed by atoms with Gasteiger partial charge in [-0.25, -0.2) is 9.38 Å². The molecule has 0 unspecified atom stereocenters. The van der Waals surface area contributed by atoms with E-state index in [0.29, 0.717) is 10.1 Å². The minimum atomic E-state index is -4.59. The van der Waals surface area contributed by atoms with Crippen LogP contribution in [0.25, 0.3) is 17.1 Å². The highest BCUT2D eigenvalue weighted by molar-refractivity contribution is 7.15. The van der Waals surface area contributed by atoms with Crippen LogP contribution in [0.5, 0.6) is 0 Å². The second kappa shape index (κ2) is 5.38. The van der Waals surface area contributed by atoms with Crippen LogP contribution in [-0.2, 0) is 6.18 Å². The van der Waals surface area contributed by atoms with E-state index in [1.54, 1.807) is 30.6 Å². The Morgan fingerprint density at radius 1 is 1.27 bits per heavy atom. The van der Waals surface area contributed by atoms with Crippen LogP contribution in [0.2, 0.25) is 0 Å². The molecule has 4 nitrogen and oxygen atoms in total. The highest BCUT2D eigenvalue weighted by Gasteiger charge is 2.35. The van der Waals surface area contributed by atoms with Crippen molar-refractivity contribution >= 4 is 28.4 Å². The third-order valence-corrected chi connectivity index (χ3v) is 3.67. The molecule has 3 aromatic heterocycles. The van der Waals surface area contributed by atoms with Crippen LogP contribution in [0.15, 0.2) is 40.8 Å². The second-order valence-electron chi connectivity index (χ2n) is 4.38. The molecule has 8 heteroatoms. The van der Waals surface area contributed by atoms with Crippen molar-refractivity contribution in [1.29, 1.82) is 0 Å². The van der Waals surface area contributed by atoms with Crippen molar-refractivity contribution < 1.29 is 13.2 Å². The van der Waals surface area contributed by atoms with Crippen LogP contribution in [0.4, 0.5) is 13.2 Å². The van der Waals surface area contributed by atoms with E-state index in [9.17, 15) is 18.0 Å². The molecule has 3 heterocycles. The maximum absolute atomic E-state index is 12.8. The van der Waals surface area contributed by atoms with Crippen LogP contribution in [-0.4, -0.2) is 14.4 Å². The molecular weight excluding hydrogens is 315 g/mol. The normalized spacial score (nSPS) is 12.3. The Labute approximate surface area is 126 Å². The zero-order valence-corrected chi connectivity index (χ0v) is 11.7. The number of hydrogen-bond donors (Lipinski definition) is 0. The minimum absolute atomic E-state index is 0.00524.